The number of carbonyl (C=O) groups excluding carboxylic acids is 1. The zero-order valence-corrected chi connectivity index (χ0v) is 15.5. The number of esters is 1. The fraction of sp³-hybridized carbons (Fsp3) is 0.632. The Bertz CT molecular complexity index is 475. The SMILES string of the molecule is COC(=O)c1ccc(OC[C@H](O)C[NH+](CC(C)C)CC(C)C)cc1. The number of ether oxygens (including phenoxy) is 2. The fourth-order valence-corrected chi connectivity index (χ4v) is 2.79. The summed E-state index contributed by atoms with van der Waals surface area (Å²) in [7, 11) is 1.35. The van der Waals surface area contributed by atoms with Gasteiger partial charge in [-0.15, -0.1) is 0 Å². The number of benzene rings is 1. The normalized spacial score (nSPS) is 12.7. The Morgan fingerprint density at radius 2 is 1.58 bits per heavy atom. The summed E-state index contributed by atoms with van der Waals surface area (Å²) in [6, 6.07) is 6.74. The van der Waals surface area contributed by atoms with Gasteiger partial charge in [0, 0.05) is 11.8 Å². The molecule has 1 rings (SSSR count). The molecular formula is C19H32NO4+. The lowest BCUT2D eigenvalue weighted by molar-refractivity contribution is -0.909. The maximum Gasteiger partial charge on any atom is 0.337 e. The highest BCUT2D eigenvalue weighted by Gasteiger charge is 2.18. The van der Waals surface area contributed by atoms with E-state index in [-0.39, 0.29) is 12.6 Å². The molecule has 2 N–H and O–H groups in total. The van der Waals surface area contributed by atoms with Crippen LogP contribution in [0, 0.1) is 11.8 Å². The van der Waals surface area contributed by atoms with Crippen molar-refractivity contribution in [2.24, 2.45) is 11.8 Å². The van der Waals surface area contributed by atoms with Gasteiger partial charge in [0.1, 0.15) is 25.0 Å². The van der Waals surface area contributed by atoms with Gasteiger partial charge in [0.05, 0.1) is 25.8 Å². The van der Waals surface area contributed by atoms with Crippen LogP contribution in [0.4, 0.5) is 0 Å². The van der Waals surface area contributed by atoms with Crippen LogP contribution >= 0.6 is 0 Å². The van der Waals surface area contributed by atoms with Gasteiger partial charge < -0.3 is 19.5 Å². The molecule has 0 aliphatic carbocycles. The first-order valence-electron chi connectivity index (χ1n) is 8.64. The molecule has 0 saturated carbocycles. The lowest BCUT2D eigenvalue weighted by Crippen LogP contribution is -3.14. The number of quaternary nitrogens is 1. The van der Waals surface area contributed by atoms with Crippen molar-refractivity contribution in [3.63, 3.8) is 0 Å². The molecule has 0 heterocycles. The minimum absolute atomic E-state index is 0.247. The monoisotopic (exact) mass is 338 g/mol. The Kier molecular flexibility index (Phi) is 8.79. The van der Waals surface area contributed by atoms with Gasteiger partial charge in [-0.3, -0.25) is 0 Å². The standard InChI is InChI=1S/C19H31NO4/c1-14(2)10-20(11-15(3)4)12-17(21)13-24-18-8-6-16(7-9-18)19(22)23-5/h6-9,14-15,17,21H,10-13H2,1-5H3/p+1/t17-/m1/s1. The summed E-state index contributed by atoms with van der Waals surface area (Å²) in [4.78, 5) is 12.8. The number of methoxy groups -OCH3 is 1. The van der Waals surface area contributed by atoms with Gasteiger partial charge in [-0.05, 0) is 24.3 Å². The van der Waals surface area contributed by atoms with Crippen LogP contribution in [0.25, 0.3) is 0 Å². The largest absolute Gasteiger partial charge is 0.491 e. The molecule has 136 valence electrons. The van der Waals surface area contributed by atoms with Crippen LogP contribution in [0.3, 0.4) is 0 Å². The van der Waals surface area contributed by atoms with Crippen molar-refractivity contribution in [2.45, 2.75) is 33.8 Å². The topological polar surface area (TPSA) is 60.2 Å². The number of rotatable bonds is 10. The van der Waals surface area contributed by atoms with Crippen molar-refractivity contribution >= 4 is 5.97 Å². The minimum atomic E-state index is -0.516. The molecule has 5 nitrogen and oxygen atoms in total. The van der Waals surface area contributed by atoms with Gasteiger partial charge in [0.15, 0.2) is 0 Å². The zero-order chi connectivity index (χ0) is 18.1. The third-order valence-corrected chi connectivity index (χ3v) is 3.64. The molecule has 5 heteroatoms. The number of aliphatic hydroxyl groups is 1. The first-order valence-corrected chi connectivity index (χ1v) is 8.64. The summed E-state index contributed by atoms with van der Waals surface area (Å²) in [6.07, 6.45) is -0.516. The molecule has 0 bridgehead atoms. The van der Waals surface area contributed by atoms with Gasteiger partial charge in [0.25, 0.3) is 0 Å². The van der Waals surface area contributed by atoms with Gasteiger partial charge in [-0.2, -0.15) is 0 Å². The van der Waals surface area contributed by atoms with Crippen LogP contribution in [0.1, 0.15) is 38.1 Å². The van der Waals surface area contributed by atoms with E-state index < -0.39 is 6.10 Å². The molecule has 0 fully saturated rings. The Balaban J connectivity index is 2.48. The molecule has 0 unspecified atom stereocenters. The van der Waals surface area contributed by atoms with Crippen molar-refractivity contribution in [1.82, 2.24) is 0 Å². The van der Waals surface area contributed by atoms with Crippen molar-refractivity contribution in [3.8, 4) is 5.75 Å². The van der Waals surface area contributed by atoms with Crippen molar-refractivity contribution < 1.29 is 24.3 Å². The number of carbonyl (C=O) groups is 1. The average molecular weight is 338 g/mol. The van der Waals surface area contributed by atoms with E-state index in [4.69, 9.17) is 4.74 Å². The number of hydrogen-bond donors (Lipinski definition) is 2. The van der Waals surface area contributed by atoms with Crippen molar-refractivity contribution in [3.05, 3.63) is 29.8 Å². The van der Waals surface area contributed by atoms with Crippen molar-refractivity contribution in [2.75, 3.05) is 33.4 Å². The Morgan fingerprint density at radius 3 is 2.04 bits per heavy atom. The summed E-state index contributed by atoms with van der Waals surface area (Å²) in [6.45, 7) is 11.8. The van der Waals surface area contributed by atoms with E-state index in [0.717, 1.165) is 13.1 Å². The molecule has 0 aromatic heterocycles. The first kappa shape index (κ1) is 20.5. The van der Waals surface area contributed by atoms with E-state index >= 15 is 0 Å². The summed E-state index contributed by atoms with van der Waals surface area (Å²) in [5, 5.41) is 10.3. The van der Waals surface area contributed by atoms with E-state index in [1.54, 1.807) is 24.3 Å². The summed E-state index contributed by atoms with van der Waals surface area (Å²) >= 11 is 0. The summed E-state index contributed by atoms with van der Waals surface area (Å²) < 4.78 is 10.3. The minimum Gasteiger partial charge on any atom is -0.491 e. The van der Waals surface area contributed by atoms with Crippen molar-refractivity contribution in [1.29, 1.82) is 0 Å². The van der Waals surface area contributed by atoms with E-state index in [9.17, 15) is 9.90 Å². The Morgan fingerprint density at radius 1 is 1.04 bits per heavy atom. The highest BCUT2D eigenvalue weighted by molar-refractivity contribution is 5.89. The van der Waals surface area contributed by atoms with Gasteiger partial charge in [-0.25, -0.2) is 4.79 Å². The van der Waals surface area contributed by atoms with Gasteiger partial charge >= 0.3 is 5.97 Å². The summed E-state index contributed by atoms with van der Waals surface area (Å²) in [5.74, 6) is 1.45. The highest BCUT2D eigenvalue weighted by Crippen LogP contribution is 2.13. The maximum absolute atomic E-state index is 11.4. The summed E-state index contributed by atoms with van der Waals surface area (Å²) in [5.41, 5.74) is 0.481. The third kappa shape index (κ3) is 7.79. The highest BCUT2D eigenvalue weighted by atomic mass is 16.5. The van der Waals surface area contributed by atoms with Crippen LogP contribution < -0.4 is 9.64 Å². The number of nitrogens with one attached hydrogen (secondary N) is 1. The second kappa shape index (κ2) is 10.3. The van der Waals surface area contributed by atoms with Gasteiger partial charge in [0.2, 0.25) is 0 Å². The third-order valence-electron chi connectivity index (χ3n) is 3.64. The predicted molar refractivity (Wildman–Crippen MR) is 94.5 cm³/mol. The van der Waals surface area contributed by atoms with E-state index in [1.807, 2.05) is 0 Å². The molecule has 1 aromatic rings. The lowest BCUT2D eigenvalue weighted by atomic mass is 10.1. The van der Waals surface area contributed by atoms with E-state index in [1.165, 1.54) is 12.0 Å². The molecule has 1 atom stereocenters. The molecule has 0 spiro atoms. The second-order valence-corrected chi connectivity index (χ2v) is 7.13. The first-order chi connectivity index (χ1) is 11.3. The second-order valence-electron chi connectivity index (χ2n) is 7.13. The molecule has 0 amide bonds. The van der Waals surface area contributed by atoms with Crippen LogP contribution in [0.5, 0.6) is 5.75 Å². The Hall–Kier alpha value is -1.59. The van der Waals surface area contributed by atoms with Crippen LogP contribution in [0.2, 0.25) is 0 Å². The van der Waals surface area contributed by atoms with Gasteiger partial charge in [-0.1, -0.05) is 27.7 Å². The number of hydrogen-bond acceptors (Lipinski definition) is 4. The molecule has 24 heavy (non-hydrogen) atoms. The number of aliphatic hydroxyl groups excluding tert-OH is 1. The average Bonchev–Trinajstić information content (AvgIpc) is 2.51. The maximum atomic E-state index is 11.4. The molecule has 0 aliphatic heterocycles. The van der Waals surface area contributed by atoms with Crippen LogP contribution in [0.15, 0.2) is 24.3 Å². The van der Waals surface area contributed by atoms with Crippen LogP contribution in [-0.4, -0.2) is 50.5 Å². The zero-order valence-electron chi connectivity index (χ0n) is 15.5. The molecule has 0 saturated heterocycles. The quantitative estimate of drug-likeness (QED) is 0.633. The lowest BCUT2D eigenvalue weighted by Gasteiger charge is -2.25. The van der Waals surface area contributed by atoms with E-state index in [2.05, 4.69) is 32.4 Å². The smallest absolute Gasteiger partial charge is 0.337 e. The fourth-order valence-electron chi connectivity index (χ4n) is 2.79. The Labute approximate surface area is 145 Å². The molecule has 0 aliphatic rings. The molecular weight excluding hydrogens is 306 g/mol. The van der Waals surface area contributed by atoms with E-state index in [0.29, 0.717) is 29.7 Å². The predicted octanol–water partition coefficient (Wildman–Crippen LogP) is 1.41. The van der Waals surface area contributed by atoms with Crippen LogP contribution in [-0.2, 0) is 4.74 Å². The molecule has 1 aromatic carbocycles. The molecule has 0 radical (unpaired) electrons.